The number of carbonyl (C=O) groups is 1. The van der Waals surface area contributed by atoms with E-state index >= 15 is 0 Å². The second-order valence-electron chi connectivity index (χ2n) is 6.43. The standard InChI is InChI=1S/C20H20ClN3O6S/c1-28-14-5-8-17(29-2)16(11-14)22-19(25)9-10-20-23-18(24-30-20)12-31(26,27)15-6-3-13(21)4-7-15/h3-8,11H,9-10,12H2,1-2H3,(H,22,25). The van der Waals surface area contributed by atoms with Gasteiger partial charge in [-0.25, -0.2) is 8.42 Å². The van der Waals surface area contributed by atoms with Crippen molar-refractivity contribution in [3.63, 3.8) is 0 Å². The molecule has 0 aliphatic rings. The van der Waals surface area contributed by atoms with Crippen molar-refractivity contribution in [1.29, 1.82) is 0 Å². The van der Waals surface area contributed by atoms with Crippen molar-refractivity contribution in [2.45, 2.75) is 23.5 Å². The molecule has 1 heterocycles. The van der Waals surface area contributed by atoms with Crippen LogP contribution < -0.4 is 14.8 Å². The second kappa shape index (κ2) is 9.80. The highest BCUT2D eigenvalue weighted by atomic mass is 35.5. The first-order chi connectivity index (χ1) is 14.8. The lowest BCUT2D eigenvalue weighted by Crippen LogP contribution is -2.13. The molecule has 0 bridgehead atoms. The molecule has 1 aromatic heterocycles. The maximum atomic E-state index is 12.5. The van der Waals surface area contributed by atoms with E-state index in [9.17, 15) is 13.2 Å². The number of methoxy groups -OCH3 is 2. The van der Waals surface area contributed by atoms with Crippen LogP contribution in [0.5, 0.6) is 11.5 Å². The average Bonchev–Trinajstić information content (AvgIpc) is 3.19. The zero-order valence-electron chi connectivity index (χ0n) is 16.8. The van der Waals surface area contributed by atoms with Gasteiger partial charge in [-0.05, 0) is 36.4 Å². The summed E-state index contributed by atoms with van der Waals surface area (Å²) in [5.74, 6) is 0.501. The minimum atomic E-state index is -3.65. The SMILES string of the molecule is COc1ccc(OC)c(NC(=O)CCc2nc(CS(=O)(=O)c3ccc(Cl)cc3)no2)c1. The highest BCUT2D eigenvalue weighted by Gasteiger charge is 2.20. The van der Waals surface area contributed by atoms with Gasteiger partial charge >= 0.3 is 0 Å². The molecule has 0 spiro atoms. The number of rotatable bonds is 9. The van der Waals surface area contributed by atoms with E-state index in [1.165, 1.54) is 38.5 Å². The average molecular weight is 466 g/mol. The summed E-state index contributed by atoms with van der Waals surface area (Å²) >= 11 is 5.79. The van der Waals surface area contributed by atoms with Crippen LogP contribution in [0.1, 0.15) is 18.1 Å². The maximum absolute atomic E-state index is 12.5. The molecule has 3 aromatic rings. The number of anilines is 1. The third-order valence-electron chi connectivity index (χ3n) is 4.25. The number of nitrogens with zero attached hydrogens (tertiary/aromatic N) is 2. The van der Waals surface area contributed by atoms with Gasteiger partial charge in [0.05, 0.1) is 24.8 Å². The predicted molar refractivity (Wildman–Crippen MR) is 113 cm³/mol. The van der Waals surface area contributed by atoms with Crippen molar-refractivity contribution in [1.82, 2.24) is 10.1 Å². The van der Waals surface area contributed by atoms with Crippen LogP contribution in [0, 0.1) is 0 Å². The third kappa shape index (κ3) is 5.96. The van der Waals surface area contributed by atoms with Gasteiger partial charge in [-0.15, -0.1) is 0 Å². The molecule has 0 atom stereocenters. The van der Waals surface area contributed by atoms with Gasteiger partial charge in [-0.1, -0.05) is 16.8 Å². The van der Waals surface area contributed by atoms with E-state index in [1.807, 2.05) is 0 Å². The van der Waals surface area contributed by atoms with Crippen LogP contribution in [0.2, 0.25) is 5.02 Å². The highest BCUT2D eigenvalue weighted by Crippen LogP contribution is 2.29. The number of halogens is 1. The van der Waals surface area contributed by atoms with Crippen LogP contribution in [0.25, 0.3) is 0 Å². The minimum absolute atomic E-state index is 0.0137. The van der Waals surface area contributed by atoms with E-state index in [2.05, 4.69) is 15.5 Å². The fourth-order valence-corrected chi connectivity index (χ4v) is 3.99. The topological polar surface area (TPSA) is 121 Å². The highest BCUT2D eigenvalue weighted by molar-refractivity contribution is 7.90. The number of hydrogen-bond donors (Lipinski definition) is 1. The summed E-state index contributed by atoms with van der Waals surface area (Å²) in [6, 6.07) is 10.8. The summed E-state index contributed by atoms with van der Waals surface area (Å²) in [6.45, 7) is 0. The van der Waals surface area contributed by atoms with Crippen molar-refractivity contribution < 1.29 is 27.2 Å². The van der Waals surface area contributed by atoms with Crippen LogP contribution in [0.3, 0.4) is 0 Å². The lowest BCUT2D eigenvalue weighted by Gasteiger charge is -2.11. The van der Waals surface area contributed by atoms with Gasteiger partial charge < -0.3 is 19.3 Å². The molecule has 31 heavy (non-hydrogen) atoms. The number of nitrogens with one attached hydrogen (secondary N) is 1. The van der Waals surface area contributed by atoms with Crippen molar-refractivity contribution >= 4 is 33.0 Å². The van der Waals surface area contributed by atoms with Crippen molar-refractivity contribution in [2.75, 3.05) is 19.5 Å². The predicted octanol–water partition coefficient (Wildman–Crippen LogP) is 3.29. The molecule has 0 saturated carbocycles. The fraction of sp³-hybridized carbons (Fsp3) is 0.250. The number of hydrogen-bond acceptors (Lipinski definition) is 8. The molecular formula is C20H20ClN3O6S. The van der Waals surface area contributed by atoms with E-state index < -0.39 is 15.6 Å². The van der Waals surface area contributed by atoms with E-state index in [4.69, 9.17) is 25.6 Å². The lowest BCUT2D eigenvalue weighted by atomic mass is 10.2. The third-order valence-corrected chi connectivity index (χ3v) is 6.13. The molecule has 0 saturated heterocycles. The van der Waals surface area contributed by atoms with Gasteiger partial charge in [0.15, 0.2) is 15.7 Å². The first-order valence-electron chi connectivity index (χ1n) is 9.12. The molecule has 164 valence electrons. The second-order valence-corrected chi connectivity index (χ2v) is 8.86. The number of amides is 1. The zero-order valence-corrected chi connectivity index (χ0v) is 18.4. The normalized spacial score (nSPS) is 11.2. The van der Waals surface area contributed by atoms with Crippen LogP contribution in [0.15, 0.2) is 51.9 Å². The van der Waals surface area contributed by atoms with Gasteiger partial charge in [0.2, 0.25) is 11.8 Å². The van der Waals surface area contributed by atoms with Crippen molar-refractivity contribution in [3.8, 4) is 11.5 Å². The molecule has 0 fully saturated rings. The van der Waals surface area contributed by atoms with E-state index in [-0.39, 0.29) is 35.4 Å². The van der Waals surface area contributed by atoms with E-state index in [0.717, 1.165) is 0 Å². The van der Waals surface area contributed by atoms with Crippen LogP contribution in [-0.2, 0) is 26.8 Å². The Kier molecular flexibility index (Phi) is 7.13. The first-order valence-corrected chi connectivity index (χ1v) is 11.2. The number of ether oxygens (including phenoxy) is 2. The molecule has 0 unspecified atom stereocenters. The summed E-state index contributed by atoms with van der Waals surface area (Å²) in [5.41, 5.74) is 0.465. The lowest BCUT2D eigenvalue weighted by molar-refractivity contribution is -0.116. The van der Waals surface area contributed by atoms with Gasteiger partial charge in [-0.3, -0.25) is 4.79 Å². The van der Waals surface area contributed by atoms with Crippen molar-refractivity contribution in [3.05, 3.63) is 59.2 Å². The van der Waals surface area contributed by atoms with Gasteiger partial charge in [0, 0.05) is 23.9 Å². The Morgan fingerprint density at radius 2 is 1.87 bits per heavy atom. The summed E-state index contributed by atoms with van der Waals surface area (Å²) in [6.07, 6.45) is 0.193. The van der Waals surface area contributed by atoms with Crippen LogP contribution in [0.4, 0.5) is 5.69 Å². The molecule has 0 radical (unpaired) electrons. The van der Waals surface area contributed by atoms with Gasteiger partial charge in [0.25, 0.3) is 0 Å². The molecule has 9 nitrogen and oxygen atoms in total. The summed E-state index contributed by atoms with van der Waals surface area (Å²) < 4.78 is 40.4. The van der Waals surface area contributed by atoms with E-state index in [1.54, 1.807) is 18.2 Å². The Bertz CT molecular complexity index is 1160. The minimum Gasteiger partial charge on any atom is -0.497 e. The van der Waals surface area contributed by atoms with Gasteiger partial charge in [0.1, 0.15) is 17.3 Å². The Morgan fingerprint density at radius 3 is 2.55 bits per heavy atom. The molecule has 1 amide bonds. The van der Waals surface area contributed by atoms with Crippen LogP contribution in [-0.4, -0.2) is 38.7 Å². The maximum Gasteiger partial charge on any atom is 0.227 e. The number of sulfone groups is 1. The smallest absolute Gasteiger partial charge is 0.227 e. The molecule has 0 aliphatic carbocycles. The number of benzene rings is 2. The molecule has 0 aliphatic heterocycles. The number of aromatic nitrogens is 2. The molecule has 2 aromatic carbocycles. The molecular weight excluding hydrogens is 446 g/mol. The quantitative estimate of drug-likeness (QED) is 0.511. The molecule has 3 rings (SSSR count). The number of carbonyl (C=O) groups excluding carboxylic acids is 1. The van der Waals surface area contributed by atoms with E-state index in [0.29, 0.717) is 22.2 Å². The van der Waals surface area contributed by atoms with Gasteiger partial charge in [-0.2, -0.15) is 4.98 Å². The summed E-state index contributed by atoms with van der Waals surface area (Å²) in [5, 5.41) is 6.87. The Morgan fingerprint density at radius 1 is 1.13 bits per heavy atom. The molecule has 11 heteroatoms. The Labute approximate surface area is 184 Å². The molecule has 1 N–H and O–H groups in total. The summed E-state index contributed by atoms with van der Waals surface area (Å²) in [4.78, 5) is 16.5. The van der Waals surface area contributed by atoms with Crippen molar-refractivity contribution in [2.24, 2.45) is 0 Å². The number of aryl methyl sites for hydroxylation is 1. The Hall–Kier alpha value is -3.11. The first kappa shape index (κ1) is 22.6. The monoisotopic (exact) mass is 465 g/mol. The van der Waals surface area contributed by atoms with Crippen LogP contribution >= 0.6 is 11.6 Å². The summed E-state index contributed by atoms with van der Waals surface area (Å²) in [7, 11) is -0.635. The fourth-order valence-electron chi connectivity index (χ4n) is 2.69. The zero-order chi connectivity index (χ0) is 22.4. The largest absolute Gasteiger partial charge is 0.497 e. The Balaban J connectivity index is 1.59.